The fourth-order valence-corrected chi connectivity index (χ4v) is 2.84. The van der Waals surface area contributed by atoms with Crippen LogP contribution < -0.4 is 11.1 Å². The molecule has 0 aromatic heterocycles. The molecule has 2 saturated carbocycles. The van der Waals surface area contributed by atoms with Crippen LogP contribution in [0, 0.1) is 11.3 Å². The van der Waals surface area contributed by atoms with E-state index in [1.54, 1.807) is 0 Å². The van der Waals surface area contributed by atoms with E-state index in [0.29, 0.717) is 19.0 Å². The van der Waals surface area contributed by atoms with Crippen molar-refractivity contribution in [3.8, 4) is 0 Å². The van der Waals surface area contributed by atoms with Crippen LogP contribution in [0.25, 0.3) is 0 Å². The molecule has 2 rings (SSSR count). The number of carbonyl (C=O) groups excluding carboxylic acids is 1. The Kier molecular flexibility index (Phi) is 3.53. The molecule has 16 heavy (non-hydrogen) atoms. The van der Waals surface area contributed by atoms with Crippen molar-refractivity contribution in [3.05, 3.63) is 0 Å². The van der Waals surface area contributed by atoms with E-state index in [9.17, 15) is 4.79 Å². The molecule has 3 heteroatoms. The van der Waals surface area contributed by atoms with Gasteiger partial charge in [-0.25, -0.2) is 0 Å². The van der Waals surface area contributed by atoms with E-state index in [1.807, 2.05) is 0 Å². The molecule has 0 spiro atoms. The SMILES string of the molecule is CCCC1CC1NC(=O)CC1(CN)CCC1. The maximum Gasteiger partial charge on any atom is 0.220 e. The molecule has 2 aliphatic carbocycles. The molecule has 3 N–H and O–H groups in total. The Hall–Kier alpha value is -0.570. The Morgan fingerprint density at radius 3 is 2.75 bits per heavy atom. The van der Waals surface area contributed by atoms with Crippen LogP contribution in [0.1, 0.15) is 51.9 Å². The molecule has 0 aromatic carbocycles. The molecule has 0 saturated heterocycles. The summed E-state index contributed by atoms with van der Waals surface area (Å²) in [5, 5.41) is 3.15. The van der Waals surface area contributed by atoms with Gasteiger partial charge in [0.15, 0.2) is 0 Å². The summed E-state index contributed by atoms with van der Waals surface area (Å²) in [7, 11) is 0. The molecule has 0 heterocycles. The quantitative estimate of drug-likeness (QED) is 0.723. The number of hydrogen-bond acceptors (Lipinski definition) is 2. The Morgan fingerprint density at radius 1 is 1.50 bits per heavy atom. The molecule has 0 radical (unpaired) electrons. The first-order chi connectivity index (χ1) is 7.69. The average molecular weight is 224 g/mol. The number of rotatable bonds is 6. The summed E-state index contributed by atoms with van der Waals surface area (Å²) in [6, 6.07) is 0.474. The first-order valence-electron chi connectivity index (χ1n) is 6.68. The maximum absolute atomic E-state index is 11.8. The fraction of sp³-hybridized carbons (Fsp3) is 0.923. The molecule has 1 amide bonds. The molecular weight excluding hydrogens is 200 g/mol. The minimum absolute atomic E-state index is 0.152. The molecule has 2 unspecified atom stereocenters. The van der Waals surface area contributed by atoms with Gasteiger partial charge in [0.2, 0.25) is 5.91 Å². The third-order valence-corrected chi connectivity index (χ3v) is 4.31. The van der Waals surface area contributed by atoms with E-state index >= 15 is 0 Å². The second kappa shape index (κ2) is 4.74. The molecule has 0 aromatic rings. The first-order valence-corrected chi connectivity index (χ1v) is 6.68. The van der Waals surface area contributed by atoms with Crippen molar-refractivity contribution in [2.75, 3.05) is 6.54 Å². The number of amides is 1. The molecule has 92 valence electrons. The first kappa shape index (κ1) is 11.9. The molecular formula is C13H24N2O. The summed E-state index contributed by atoms with van der Waals surface area (Å²) < 4.78 is 0. The van der Waals surface area contributed by atoms with Crippen LogP contribution >= 0.6 is 0 Å². The van der Waals surface area contributed by atoms with E-state index < -0.39 is 0 Å². The Bertz CT molecular complexity index is 255. The minimum atomic E-state index is 0.152. The van der Waals surface area contributed by atoms with Gasteiger partial charge in [-0.2, -0.15) is 0 Å². The predicted octanol–water partition coefficient (Wildman–Crippen LogP) is 1.81. The lowest BCUT2D eigenvalue weighted by Gasteiger charge is -2.40. The Morgan fingerprint density at radius 2 is 2.25 bits per heavy atom. The van der Waals surface area contributed by atoms with Gasteiger partial charge in [0, 0.05) is 12.5 Å². The maximum atomic E-state index is 11.8. The second-order valence-electron chi connectivity index (χ2n) is 5.69. The molecule has 2 fully saturated rings. The zero-order valence-electron chi connectivity index (χ0n) is 10.3. The monoisotopic (exact) mass is 224 g/mol. The van der Waals surface area contributed by atoms with Crippen molar-refractivity contribution in [1.82, 2.24) is 5.32 Å². The smallest absolute Gasteiger partial charge is 0.220 e. The lowest BCUT2D eigenvalue weighted by molar-refractivity contribution is -0.124. The van der Waals surface area contributed by atoms with E-state index in [0.717, 1.165) is 18.8 Å². The van der Waals surface area contributed by atoms with E-state index in [-0.39, 0.29) is 11.3 Å². The second-order valence-corrected chi connectivity index (χ2v) is 5.69. The van der Waals surface area contributed by atoms with Crippen molar-refractivity contribution in [1.29, 1.82) is 0 Å². The van der Waals surface area contributed by atoms with Gasteiger partial charge < -0.3 is 11.1 Å². The summed E-state index contributed by atoms with van der Waals surface area (Å²) in [6.07, 6.45) is 7.84. The standard InChI is InChI=1S/C13H24N2O/c1-2-4-10-7-11(10)15-12(16)8-13(9-14)5-3-6-13/h10-11H,2-9,14H2,1H3,(H,15,16). The summed E-state index contributed by atoms with van der Waals surface area (Å²) in [5.74, 6) is 0.984. The Labute approximate surface area is 98.2 Å². The summed E-state index contributed by atoms with van der Waals surface area (Å²) in [5.41, 5.74) is 5.91. The van der Waals surface area contributed by atoms with Crippen LogP contribution in [-0.4, -0.2) is 18.5 Å². The van der Waals surface area contributed by atoms with Crippen LogP contribution in [0.5, 0.6) is 0 Å². The lowest BCUT2D eigenvalue weighted by atomic mass is 9.66. The molecule has 2 aliphatic rings. The van der Waals surface area contributed by atoms with Crippen LogP contribution in [0.4, 0.5) is 0 Å². The van der Waals surface area contributed by atoms with Gasteiger partial charge in [-0.15, -0.1) is 0 Å². The number of nitrogens with two attached hydrogens (primary N) is 1. The highest BCUT2D eigenvalue weighted by Gasteiger charge is 2.41. The van der Waals surface area contributed by atoms with E-state index in [1.165, 1.54) is 25.7 Å². The number of nitrogens with one attached hydrogen (secondary N) is 1. The van der Waals surface area contributed by atoms with Gasteiger partial charge in [-0.05, 0) is 43.6 Å². The van der Waals surface area contributed by atoms with Crippen molar-refractivity contribution in [3.63, 3.8) is 0 Å². The Balaban J connectivity index is 1.69. The third kappa shape index (κ3) is 2.57. The molecule has 0 bridgehead atoms. The van der Waals surface area contributed by atoms with Gasteiger partial charge in [-0.1, -0.05) is 19.8 Å². The van der Waals surface area contributed by atoms with Gasteiger partial charge in [0.05, 0.1) is 0 Å². The highest BCUT2D eigenvalue weighted by atomic mass is 16.1. The van der Waals surface area contributed by atoms with Gasteiger partial charge in [-0.3, -0.25) is 4.79 Å². The zero-order valence-corrected chi connectivity index (χ0v) is 10.3. The van der Waals surface area contributed by atoms with Gasteiger partial charge in [0.25, 0.3) is 0 Å². The molecule has 2 atom stereocenters. The van der Waals surface area contributed by atoms with Crippen LogP contribution in [-0.2, 0) is 4.79 Å². The van der Waals surface area contributed by atoms with Crippen molar-refractivity contribution in [2.24, 2.45) is 17.1 Å². The topological polar surface area (TPSA) is 55.1 Å². The van der Waals surface area contributed by atoms with Crippen molar-refractivity contribution >= 4 is 5.91 Å². The van der Waals surface area contributed by atoms with Crippen LogP contribution in [0.15, 0.2) is 0 Å². The third-order valence-electron chi connectivity index (χ3n) is 4.31. The van der Waals surface area contributed by atoms with Crippen LogP contribution in [0.2, 0.25) is 0 Å². The largest absolute Gasteiger partial charge is 0.353 e. The highest BCUT2D eigenvalue weighted by Crippen LogP contribution is 2.43. The highest BCUT2D eigenvalue weighted by molar-refractivity contribution is 5.77. The number of carbonyl (C=O) groups is 1. The van der Waals surface area contributed by atoms with E-state index in [2.05, 4.69) is 12.2 Å². The van der Waals surface area contributed by atoms with E-state index in [4.69, 9.17) is 5.73 Å². The fourth-order valence-electron chi connectivity index (χ4n) is 2.84. The van der Waals surface area contributed by atoms with Crippen molar-refractivity contribution < 1.29 is 4.79 Å². The lowest BCUT2D eigenvalue weighted by Crippen LogP contribution is -2.42. The minimum Gasteiger partial charge on any atom is -0.353 e. The summed E-state index contributed by atoms with van der Waals surface area (Å²) in [4.78, 5) is 11.8. The van der Waals surface area contributed by atoms with Crippen LogP contribution in [0.3, 0.4) is 0 Å². The summed E-state index contributed by atoms with van der Waals surface area (Å²) in [6.45, 7) is 2.87. The molecule has 0 aliphatic heterocycles. The van der Waals surface area contributed by atoms with Gasteiger partial charge >= 0.3 is 0 Å². The predicted molar refractivity (Wildman–Crippen MR) is 64.9 cm³/mol. The summed E-state index contributed by atoms with van der Waals surface area (Å²) >= 11 is 0. The normalized spacial score (nSPS) is 30.6. The number of hydrogen-bond donors (Lipinski definition) is 2. The molecule has 3 nitrogen and oxygen atoms in total. The van der Waals surface area contributed by atoms with Gasteiger partial charge in [0.1, 0.15) is 0 Å². The zero-order chi connectivity index (χ0) is 11.6. The van der Waals surface area contributed by atoms with Crippen molar-refractivity contribution in [2.45, 2.75) is 57.9 Å². The average Bonchev–Trinajstić information content (AvgIpc) is 2.91.